The molecular weight excluding hydrogens is 222 g/mol. The van der Waals surface area contributed by atoms with Gasteiger partial charge in [-0.3, -0.25) is 9.11 Å². The van der Waals surface area contributed by atoms with Crippen molar-refractivity contribution in [3.8, 4) is 0 Å². The molecule has 4 heteroatoms. The Balaban J connectivity index is 2.14. The number of fused-ring (bicyclic) bond motifs is 2. The minimum Gasteiger partial charge on any atom is -0.298 e. The molecule has 2 N–H and O–H groups in total. The van der Waals surface area contributed by atoms with Gasteiger partial charge in [-0.05, 0) is 24.0 Å². The van der Waals surface area contributed by atoms with Crippen LogP contribution in [0.25, 0.3) is 0 Å². The average molecular weight is 238 g/mol. The van der Waals surface area contributed by atoms with Gasteiger partial charge < -0.3 is 0 Å². The number of piperidine rings is 1. The van der Waals surface area contributed by atoms with Gasteiger partial charge in [-0.2, -0.15) is 10.6 Å². The lowest BCUT2D eigenvalue weighted by molar-refractivity contribution is 0.357. The molecule has 0 atom stereocenters. The highest BCUT2D eigenvalue weighted by molar-refractivity contribution is 8.24. The Hall–Kier alpha value is -0.550. The predicted molar refractivity (Wildman–Crippen MR) is 65.8 cm³/mol. The van der Waals surface area contributed by atoms with Crippen LogP contribution in [0.1, 0.15) is 24.0 Å². The van der Waals surface area contributed by atoms with Crippen LogP contribution in [0.5, 0.6) is 0 Å². The maximum absolute atomic E-state index is 10.4. The molecule has 1 saturated heterocycles. The Bertz CT molecular complexity index is 413. The Morgan fingerprint density at radius 2 is 1.81 bits per heavy atom. The molecule has 0 saturated carbocycles. The molecule has 87 valence electrons. The lowest BCUT2D eigenvalue weighted by atomic mass is 9.87. The zero-order chi connectivity index (χ0) is 11.2. The molecule has 0 amide bonds. The van der Waals surface area contributed by atoms with Crippen LogP contribution in [0, 0.1) is 0 Å². The number of hydrogen-bond donors (Lipinski definition) is 2. The summed E-state index contributed by atoms with van der Waals surface area (Å²) in [6.07, 6.45) is 1.57. The van der Waals surface area contributed by atoms with Gasteiger partial charge in [0.1, 0.15) is 0 Å². The Kier molecular flexibility index (Phi) is 2.30. The van der Waals surface area contributed by atoms with Crippen molar-refractivity contribution in [3.05, 3.63) is 35.4 Å². The number of benzene rings is 1. The fourth-order valence-corrected chi connectivity index (χ4v) is 5.32. The molecule has 1 fully saturated rings. The van der Waals surface area contributed by atoms with E-state index in [4.69, 9.17) is 0 Å². The van der Waals surface area contributed by atoms with Gasteiger partial charge >= 0.3 is 0 Å². The molecule has 16 heavy (non-hydrogen) atoms. The van der Waals surface area contributed by atoms with Gasteiger partial charge in [0.15, 0.2) is 0 Å². The van der Waals surface area contributed by atoms with E-state index in [1.54, 1.807) is 0 Å². The third kappa shape index (κ3) is 1.27. The topological polar surface area (TPSA) is 54.6 Å². The van der Waals surface area contributed by atoms with Gasteiger partial charge in [0, 0.05) is 13.1 Å². The lowest BCUT2D eigenvalue weighted by Crippen LogP contribution is -2.38. The van der Waals surface area contributed by atoms with Gasteiger partial charge in [-0.25, -0.2) is 5.32 Å². The summed E-state index contributed by atoms with van der Waals surface area (Å²) in [7, 11) is -2.53. The van der Waals surface area contributed by atoms with E-state index in [1.807, 2.05) is 18.2 Å². The molecule has 0 unspecified atom stereocenters. The Morgan fingerprint density at radius 1 is 1.12 bits per heavy atom. The van der Waals surface area contributed by atoms with E-state index in [0.717, 1.165) is 37.1 Å². The summed E-state index contributed by atoms with van der Waals surface area (Å²) in [5.41, 5.74) is 2.27. The maximum atomic E-state index is 10.4. The molecule has 0 aromatic heterocycles. The first-order valence-corrected chi connectivity index (χ1v) is 7.34. The van der Waals surface area contributed by atoms with Crippen molar-refractivity contribution in [1.29, 1.82) is 0 Å². The van der Waals surface area contributed by atoms with Crippen LogP contribution in [0.15, 0.2) is 24.3 Å². The molecular formula is C12H16NO2S. The summed E-state index contributed by atoms with van der Waals surface area (Å²) in [6.45, 7) is 1.51. The van der Waals surface area contributed by atoms with Gasteiger partial charge in [-0.1, -0.05) is 24.3 Å². The highest BCUT2D eigenvalue weighted by Crippen LogP contribution is 2.69. The summed E-state index contributed by atoms with van der Waals surface area (Å²) >= 11 is 0. The van der Waals surface area contributed by atoms with Gasteiger partial charge in [0.25, 0.3) is 0 Å². The molecule has 2 aliphatic heterocycles. The monoisotopic (exact) mass is 238 g/mol. The first kappa shape index (κ1) is 10.6. The molecule has 1 radical (unpaired) electrons. The van der Waals surface area contributed by atoms with Crippen LogP contribution in [0.3, 0.4) is 0 Å². The van der Waals surface area contributed by atoms with E-state index in [9.17, 15) is 9.11 Å². The third-order valence-corrected chi connectivity index (χ3v) is 6.43. The fourth-order valence-electron chi connectivity index (χ4n) is 2.97. The number of nitrogens with zero attached hydrogens (tertiary/aromatic N) is 1. The van der Waals surface area contributed by atoms with Crippen molar-refractivity contribution in [1.82, 2.24) is 5.32 Å². The van der Waals surface area contributed by atoms with E-state index in [-0.39, 0.29) is 0 Å². The van der Waals surface area contributed by atoms with Crippen LogP contribution >= 0.6 is 10.6 Å². The first-order chi connectivity index (χ1) is 7.66. The summed E-state index contributed by atoms with van der Waals surface area (Å²) in [6, 6.07) is 8.04. The van der Waals surface area contributed by atoms with Gasteiger partial charge in [-0.15, -0.1) is 0 Å². The van der Waals surface area contributed by atoms with Gasteiger partial charge in [0.05, 0.1) is 10.5 Å². The van der Waals surface area contributed by atoms with Crippen molar-refractivity contribution in [3.63, 3.8) is 0 Å². The zero-order valence-corrected chi connectivity index (χ0v) is 9.91. The van der Waals surface area contributed by atoms with Crippen LogP contribution < -0.4 is 5.32 Å². The zero-order valence-electron chi connectivity index (χ0n) is 9.09. The SMILES string of the molecule is OS1(O)Cc2ccccc2C12CC[N]CC2. The van der Waals surface area contributed by atoms with Crippen molar-refractivity contribution >= 4 is 10.6 Å². The van der Waals surface area contributed by atoms with Gasteiger partial charge in [0.2, 0.25) is 0 Å². The lowest BCUT2D eigenvalue weighted by Gasteiger charge is -2.48. The molecule has 3 nitrogen and oxygen atoms in total. The normalized spacial score (nSPS) is 27.6. The summed E-state index contributed by atoms with van der Waals surface area (Å²) < 4.78 is 20.4. The third-order valence-electron chi connectivity index (χ3n) is 3.84. The quantitative estimate of drug-likeness (QED) is 0.729. The molecule has 3 rings (SSSR count). The van der Waals surface area contributed by atoms with Crippen LogP contribution in [0.4, 0.5) is 0 Å². The van der Waals surface area contributed by atoms with Crippen molar-refractivity contribution < 1.29 is 9.11 Å². The Morgan fingerprint density at radius 3 is 2.56 bits per heavy atom. The largest absolute Gasteiger partial charge is 0.298 e. The van der Waals surface area contributed by atoms with Crippen molar-refractivity contribution in [2.45, 2.75) is 23.3 Å². The molecule has 2 aliphatic rings. The van der Waals surface area contributed by atoms with Crippen molar-refractivity contribution in [2.24, 2.45) is 0 Å². The van der Waals surface area contributed by atoms with E-state index < -0.39 is 15.3 Å². The number of hydrogen-bond acceptors (Lipinski definition) is 2. The molecule has 2 heterocycles. The molecule has 0 bridgehead atoms. The van der Waals surface area contributed by atoms with E-state index in [2.05, 4.69) is 11.4 Å². The smallest absolute Gasteiger partial charge is 0.0874 e. The molecule has 1 aromatic carbocycles. The summed E-state index contributed by atoms with van der Waals surface area (Å²) in [4.78, 5) is 0. The Labute approximate surface area is 97.2 Å². The second-order valence-corrected chi connectivity index (χ2v) is 7.04. The van der Waals surface area contributed by atoms with E-state index in [0.29, 0.717) is 5.75 Å². The van der Waals surface area contributed by atoms with Crippen LogP contribution in [0.2, 0.25) is 0 Å². The standard InChI is InChI=1S/C12H16NO2S/c14-16(15)9-10-3-1-2-4-11(10)12(16)5-7-13-8-6-12/h1-4,14-15H,5-9H2. The highest BCUT2D eigenvalue weighted by atomic mass is 32.3. The molecule has 1 spiro atoms. The highest BCUT2D eigenvalue weighted by Gasteiger charge is 2.51. The number of rotatable bonds is 0. The van der Waals surface area contributed by atoms with E-state index in [1.165, 1.54) is 0 Å². The molecule has 0 aliphatic carbocycles. The van der Waals surface area contributed by atoms with Crippen LogP contribution in [-0.2, 0) is 10.5 Å². The summed E-state index contributed by atoms with van der Waals surface area (Å²) in [5.74, 6) is 0.434. The minimum atomic E-state index is -2.53. The average Bonchev–Trinajstić information content (AvgIpc) is 2.49. The first-order valence-electron chi connectivity index (χ1n) is 5.63. The second-order valence-electron chi connectivity index (χ2n) is 4.63. The molecule has 1 aromatic rings. The fraction of sp³-hybridized carbons (Fsp3) is 0.500. The second kappa shape index (κ2) is 3.47. The van der Waals surface area contributed by atoms with Crippen LogP contribution in [-0.4, -0.2) is 22.2 Å². The summed E-state index contributed by atoms with van der Waals surface area (Å²) in [5, 5.41) is 4.33. The minimum absolute atomic E-state index is 0.397. The predicted octanol–water partition coefficient (Wildman–Crippen LogP) is 2.54. The van der Waals surface area contributed by atoms with E-state index >= 15 is 0 Å². The van der Waals surface area contributed by atoms with Crippen molar-refractivity contribution in [2.75, 3.05) is 13.1 Å². The maximum Gasteiger partial charge on any atom is 0.0874 e.